The lowest BCUT2D eigenvalue weighted by atomic mass is 10.3. The summed E-state index contributed by atoms with van der Waals surface area (Å²) in [5.41, 5.74) is 0.0844. The quantitative estimate of drug-likeness (QED) is 0.755. The Labute approximate surface area is 80.8 Å². The Kier molecular flexibility index (Phi) is 3.17. The molecule has 1 aromatic rings. The first-order chi connectivity index (χ1) is 6.65. The van der Waals surface area contributed by atoms with Crippen LogP contribution in [0.5, 0.6) is 0 Å². The van der Waals surface area contributed by atoms with E-state index in [2.05, 4.69) is 10.3 Å². The molecule has 1 amide bonds. The van der Waals surface area contributed by atoms with Crippen LogP contribution in [0.15, 0.2) is 18.3 Å². The highest BCUT2D eigenvalue weighted by Gasteiger charge is 2.11. The van der Waals surface area contributed by atoms with Crippen molar-refractivity contribution in [1.82, 2.24) is 4.98 Å². The third kappa shape index (κ3) is 2.29. The number of nitrogens with zero attached hydrogens (tertiary/aromatic N) is 1. The van der Waals surface area contributed by atoms with E-state index in [0.717, 1.165) is 0 Å². The smallest absolute Gasteiger partial charge is 0.356 e. The molecule has 0 unspecified atom stereocenters. The Balaban J connectivity index is 2.95. The average molecular weight is 194 g/mol. The molecule has 2 N–H and O–H groups in total. The van der Waals surface area contributed by atoms with Crippen molar-refractivity contribution in [3.8, 4) is 0 Å². The van der Waals surface area contributed by atoms with Gasteiger partial charge in [-0.1, -0.05) is 6.92 Å². The summed E-state index contributed by atoms with van der Waals surface area (Å²) < 4.78 is 0. The lowest BCUT2D eigenvalue weighted by Gasteiger charge is -2.05. The van der Waals surface area contributed by atoms with Crippen LogP contribution in [0.3, 0.4) is 0 Å². The Hall–Kier alpha value is -1.91. The molecule has 1 heterocycles. The van der Waals surface area contributed by atoms with Crippen molar-refractivity contribution in [2.45, 2.75) is 13.3 Å². The Bertz CT molecular complexity index is 363. The van der Waals surface area contributed by atoms with Gasteiger partial charge in [0.05, 0.1) is 5.69 Å². The second-order valence-corrected chi connectivity index (χ2v) is 2.61. The average Bonchev–Trinajstić information content (AvgIpc) is 2.18. The molecule has 5 nitrogen and oxygen atoms in total. The van der Waals surface area contributed by atoms with Crippen LogP contribution < -0.4 is 5.32 Å². The molecular weight excluding hydrogens is 184 g/mol. The van der Waals surface area contributed by atoms with Gasteiger partial charge in [-0.25, -0.2) is 9.78 Å². The molecule has 0 aliphatic carbocycles. The van der Waals surface area contributed by atoms with Gasteiger partial charge in [0.2, 0.25) is 5.91 Å². The lowest BCUT2D eigenvalue weighted by molar-refractivity contribution is -0.115. The number of pyridine rings is 1. The minimum absolute atomic E-state index is 0.144. The van der Waals surface area contributed by atoms with Crippen molar-refractivity contribution < 1.29 is 14.7 Å². The topological polar surface area (TPSA) is 79.3 Å². The molecule has 0 aromatic carbocycles. The zero-order chi connectivity index (χ0) is 10.6. The van der Waals surface area contributed by atoms with Crippen LogP contribution >= 0.6 is 0 Å². The molecule has 5 heteroatoms. The molecule has 0 aliphatic rings. The summed E-state index contributed by atoms with van der Waals surface area (Å²) in [4.78, 5) is 25.4. The number of amides is 1. The monoisotopic (exact) mass is 194 g/mol. The van der Waals surface area contributed by atoms with E-state index in [1.54, 1.807) is 13.0 Å². The zero-order valence-corrected chi connectivity index (χ0v) is 7.65. The van der Waals surface area contributed by atoms with Gasteiger partial charge in [-0.05, 0) is 12.1 Å². The number of aromatic nitrogens is 1. The summed E-state index contributed by atoms with van der Waals surface area (Å²) in [7, 11) is 0. The first kappa shape index (κ1) is 10.2. The summed E-state index contributed by atoms with van der Waals surface area (Å²) in [5, 5.41) is 11.2. The van der Waals surface area contributed by atoms with E-state index in [9.17, 15) is 9.59 Å². The highest BCUT2D eigenvalue weighted by molar-refractivity contribution is 5.98. The van der Waals surface area contributed by atoms with Crippen LogP contribution in [0.1, 0.15) is 23.8 Å². The number of carboxylic acids is 1. The number of carboxylic acid groups (broad SMARTS) is 1. The number of carbonyl (C=O) groups excluding carboxylic acids is 1. The van der Waals surface area contributed by atoms with Gasteiger partial charge in [-0.2, -0.15) is 0 Å². The molecule has 0 saturated heterocycles. The van der Waals surface area contributed by atoms with Crippen LogP contribution in [0, 0.1) is 0 Å². The van der Waals surface area contributed by atoms with Crippen molar-refractivity contribution in [3.05, 3.63) is 24.0 Å². The van der Waals surface area contributed by atoms with E-state index in [1.807, 2.05) is 0 Å². The maximum Gasteiger partial charge on any atom is 0.356 e. The molecule has 1 rings (SSSR count). The van der Waals surface area contributed by atoms with Crippen LogP contribution in [0.4, 0.5) is 5.69 Å². The molecule has 0 aliphatic heterocycles. The fourth-order valence-corrected chi connectivity index (χ4v) is 0.915. The summed E-state index contributed by atoms with van der Waals surface area (Å²) in [6.07, 6.45) is 1.67. The highest BCUT2D eigenvalue weighted by Crippen LogP contribution is 2.11. The molecule has 0 spiro atoms. The van der Waals surface area contributed by atoms with E-state index < -0.39 is 5.97 Å². The van der Waals surface area contributed by atoms with Gasteiger partial charge >= 0.3 is 5.97 Å². The van der Waals surface area contributed by atoms with Crippen molar-refractivity contribution in [2.75, 3.05) is 5.32 Å². The van der Waals surface area contributed by atoms with Crippen molar-refractivity contribution in [3.63, 3.8) is 0 Å². The van der Waals surface area contributed by atoms with Crippen LogP contribution in [0.25, 0.3) is 0 Å². The fraction of sp³-hybridized carbons (Fsp3) is 0.222. The standard InChI is InChI=1S/C9H10N2O3/c1-2-7(12)11-6-4-3-5-10-8(6)9(13)14/h3-5H,2H2,1H3,(H,11,12)(H,13,14). The molecule has 0 atom stereocenters. The second-order valence-electron chi connectivity index (χ2n) is 2.61. The Morgan fingerprint density at radius 1 is 1.57 bits per heavy atom. The van der Waals surface area contributed by atoms with Crippen LogP contribution in [0.2, 0.25) is 0 Å². The summed E-state index contributed by atoms with van der Waals surface area (Å²) in [6, 6.07) is 3.07. The maximum absolute atomic E-state index is 11.0. The molecule has 0 saturated carbocycles. The SMILES string of the molecule is CCC(=O)Nc1cccnc1C(=O)O. The van der Waals surface area contributed by atoms with E-state index in [0.29, 0.717) is 6.42 Å². The van der Waals surface area contributed by atoms with Gasteiger partial charge in [0.15, 0.2) is 5.69 Å². The maximum atomic E-state index is 11.0. The van der Waals surface area contributed by atoms with E-state index in [-0.39, 0.29) is 17.3 Å². The molecule has 1 aromatic heterocycles. The molecule has 0 fully saturated rings. The molecule has 14 heavy (non-hydrogen) atoms. The first-order valence-corrected chi connectivity index (χ1v) is 4.13. The predicted octanol–water partition coefficient (Wildman–Crippen LogP) is 1.13. The van der Waals surface area contributed by atoms with E-state index in [1.165, 1.54) is 12.3 Å². The Morgan fingerprint density at radius 3 is 2.86 bits per heavy atom. The predicted molar refractivity (Wildman–Crippen MR) is 50.1 cm³/mol. The van der Waals surface area contributed by atoms with Crippen molar-refractivity contribution in [2.24, 2.45) is 0 Å². The normalized spacial score (nSPS) is 9.50. The van der Waals surface area contributed by atoms with Crippen molar-refractivity contribution in [1.29, 1.82) is 0 Å². The number of rotatable bonds is 3. The number of anilines is 1. The van der Waals surface area contributed by atoms with E-state index in [4.69, 9.17) is 5.11 Å². The van der Waals surface area contributed by atoms with Gasteiger partial charge in [-0.15, -0.1) is 0 Å². The Morgan fingerprint density at radius 2 is 2.29 bits per heavy atom. The summed E-state index contributed by atoms with van der Waals surface area (Å²) in [6.45, 7) is 1.69. The lowest BCUT2D eigenvalue weighted by Crippen LogP contribution is -2.14. The number of carbonyl (C=O) groups is 2. The van der Waals surface area contributed by atoms with Crippen LogP contribution in [-0.4, -0.2) is 22.0 Å². The number of hydrogen-bond donors (Lipinski definition) is 2. The second kappa shape index (κ2) is 4.36. The third-order valence-electron chi connectivity index (χ3n) is 1.61. The van der Waals surface area contributed by atoms with E-state index >= 15 is 0 Å². The van der Waals surface area contributed by atoms with Gasteiger partial charge < -0.3 is 10.4 Å². The fourth-order valence-electron chi connectivity index (χ4n) is 0.915. The first-order valence-electron chi connectivity index (χ1n) is 4.13. The summed E-state index contributed by atoms with van der Waals surface area (Å²) in [5.74, 6) is -1.39. The minimum Gasteiger partial charge on any atom is -0.476 e. The largest absolute Gasteiger partial charge is 0.476 e. The van der Waals surface area contributed by atoms with Gasteiger partial charge in [0.1, 0.15) is 0 Å². The van der Waals surface area contributed by atoms with Gasteiger partial charge in [0, 0.05) is 12.6 Å². The van der Waals surface area contributed by atoms with Crippen LogP contribution in [-0.2, 0) is 4.79 Å². The van der Waals surface area contributed by atoms with Gasteiger partial charge in [-0.3, -0.25) is 4.79 Å². The number of aromatic carboxylic acids is 1. The third-order valence-corrected chi connectivity index (χ3v) is 1.61. The minimum atomic E-state index is -1.16. The number of hydrogen-bond acceptors (Lipinski definition) is 3. The molecule has 0 bridgehead atoms. The van der Waals surface area contributed by atoms with Crippen molar-refractivity contribution >= 4 is 17.6 Å². The molecule has 0 radical (unpaired) electrons. The zero-order valence-electron chi connectivity index (χ0n) is 7.65. The molecule has 74 valence electrons. The number of nitrogens with one attached hydrogen (secondary N) is 1. The molecular formula is C9H10N2O3. The highest BCUT2D eigenvalue weighted by atomic mass is 16.4. The summed E-state index contributed by atoms with van der Waals surface area (Å²) >= 11 is 0. The van der Waals surface area contributed by atoms with Gasteiger partial charge in [0.25, 0.3) is 0 Å².